The molecule has 1 rings (SSSR count). The Balaban J connectivity index is 2.75. The summed E-state index contributed by atoms with van der Waals surface area (Å²) in [5.74, 6) is -0.113. The number of carbonyl (C=O) groups is 1. The third-order valence-electron chi connectivity index (χ3n) is 1.74. The minimum absolute atomic E-state index is 0.113. The summed E-state index contributed by atoms with van der Waals surface area (Å²) in [5.41, 5.74) is -0.533. The summed E-state index contributed by atoms with van der Waals surface area (Å²) in [6.45, 7) is 2.16. The van der Waals surface area contributed by atoms with Gasteiger partial charge in [-0.15, -0.1) is 0 Å². The van der Waals surface area contributed by atoms with Crippen molar-refractivity contribution >= 4 is 11.8 Å². The number of rotatable bonds is 3. The van der Waals surface area contributed by atoms with Gasteiger partial charge in [0.25, 0.3) is 0 Å². The average molecular weight is 259 g/mol. The fourth-order valence-electron chi connectivity index (χ4n) is 1.18. The molecule has 0 fully saturated rings. The second-order valence-electron chi connectivity index (χ2n) is 4.50. The van der Waals surface area contributed by atoms with Crippen LogP contribution in [0.25, 0.3) is 0 Å². The molecule has 0 aliphatic heterocycles. The lowest BCUT2D eigenvalue weighted by Gasteiger charge is -2.20. The number of carbonyl (C=O) groups excluding carboxylic acids is 1. The number of para-hydroxylation sites is 2. The SMILES string of the molecule is CC(C)(C)OC(=O)Nc1ccccc1OC(F)F. The number of halogens is 2. The number of anilines is 1. The molecule has 0 aliphatic rings. The van der Waals surface area contributed by atoms with Crippen molar-refractivity contribution in [2.45, 2.75) is 33.0 Å². The highest BCUT2D eigenvalue weighted by Crippen LogP contribution is 2.25. The van der Waals surface area contributed by atoms with Crippen LogP contribution in [0.5, 0.6) is 5.75 Å². The monoisotopic (exact) mass is 259 g/mol. The number of hydrogen-bond donors (Lipinski definition) is 1. The van der Waals surface area contributed by atoms with Gasteiger partial charge in [-0.25, -0.2) is 4.79 Å². The maximum absolute atomic E-state index is 12.1. The lowest BCUT2D eigenvalue weighted by molar-refractivity contribution is -0.0494. The Labute approximate surface area is 104 Å². The molecule has 0 bridgehead atoms. The van der Waals surface area contributed by atoms with Gasteiger partial charge in [0.05, 0.1) is 5.69 Å². The zero-order chi connectivity index (χ0) is 13.8. The lowest BCUT2D eigenvalue weighted by atomic mass is 10.2. The molecular formula is C12H15F2NO3. The molecule has 1 aromatic rings. The first-order valence-corrected chi connectivity index (χ1v) is 5.32. The van der Waals surface area contributed by atoms with Crippen molar-refractivity contribution in [1.29, 1.82) is 0 Å². The van der Waals surface area contributed by atoms with Crippen LogP contribution in [-0.2, 0) is 4.74 Å². The zero-order valence-corrected chi connectivity index (χ0v) is 10.4. The number of nitrogens with one attached hydrogen (secondary N) is 1. The smallest absolute Gasteiger partial charge is 0.412 e. The van der Waals surface area contributed by atoms with Crippen molar-refractivity contribution in [3.05, 3.63) is 24.3 Å². The van der Waals surface area contributed by atoms with E-state index in [4.69, 9.17) is 4.74 Å². The average Bonchev–Trinajstić information content (AvgIpc) is 2.17. The Hall–Kier alpha value is -1.85. The summed E-state index contributed by atoms with van der Waals surface area (Å²) in [7, 11) is 0. The van der Waals surface area contributed by atoms with E-state index in [1.165, 1.54) is 18.2 Å². The highest BCUT2D eigenvalue weighted by molar-refractivity contribution is 5.86. The van der Waals surface area contributed by atoms with Crippen LogP contribution in [0.4, 0.5) is 19.3 Å². The molecule has 1 N–H and O–H groups in total. The maximum atomic E-state index is 12.1. The Morgan fingerprint density at radius 3 is 2.44 bits per heavy atom. The number of hydrogen-bond acceptors (Lipinski definition) is 3. The van der Waals surface area contributed by atoms with Crippen molar-refractivity contribution in [1.82, 2.24) is 0 Å². The van der Waals surface area contributed by atoms with Crippen molar-refractivity contribution < 1.29 is 23.0 Å². The third-order valence-corrected chi connectivity index (χ3v) is 1.74. The summed E-state index contributed by atoms with van der Waals surface area (Å²) >= 11 is 0. The van der Waals surface area contributed by atoms with Crippen LogP contribution in [0.2, 0.25) is 0 Å². The van der Waals surface area contributed by atoms with E-state index in [2.05, 4.69) is 10.1 Å². The molecular weight excluding hydrogens is 244 g/mol. The second-order valence-corrected chi connectivity index (χ2v) is 4.50. The van der Waals surface area contributed by atoms with E-state index in [1.54, 1.807) is 26.8 Å². The van der Waals surface area contributed by atoms with Crippen LogP contribution in [-0.4, -0.2) is 18.3 Å². The van der Waals surface area contributed by atoms with Crippen LogP contribution in [0, 0.1) is 0 Å². The van der Waals surface area contributed by atoms with Gasteiger partial charge < -0.3 is 9.47 Å². The molecule has 1 aromatic carbocycles. The molecule has 0 saturated heterocycles. The van der Waals surface area contributed by atoms with E-state index in [-0.39, 0.29) is 11.4 Å². The minimum atomic E-state index is -2.95. The zero-order valence-electron chi connectivity index (χ0n) is 10.4. The number of benzene rings is 1. The van der Waals surface area contributed by atoms with Gasteiger partial charge in [-0.3, -0.25) is 5.32 Å². The molecule has 0 unspecified atom stereocenters. The molecule has 100 valence electrons. The Morgan fingerprint density at radius 1 is 1.28 bits per heavy atom. The standard InChI is InChI=1S/C12H15F2NO3/c1-12(2,3)18-11(16)15-8-6-4-5-7-9(8)17-10(13)14/h4-7,10H,1-3H3,(H,15,16). The summed E-state index contributed by atoms with van der Waals surface area (Å²) in [4.78, 5) is 11.5. The third kappa shape index (κ3) is 4.99. The molecule has 4 nitrogen and oxygen atoms in total. The van der Waals surface area contributed by atoms with Gasteiger partial charge in [0.1, 0.15) is 11.4 Å². The van der Waals surface area contributed by atoms with Gasteiger partial charge in [-0.2, -0.15) is 8.78 Å². The Bertz CT molecular complexity index is 416. The second kappa shape index (κ2) is 5.66. The maximum Gasteiger partial charge on any atom is 0.412 e. The fraction of sp³-hybridized carbons (Fsp3) is 0.417. The molecule has 0 atom stereocenters. The molecule has 0 aromatic heterocycles. The van der Waals surface area contributed by atoms with Crippen molar-refractivity contribution in [3.63, 3.8) is 0 Å². The summed E-state index contributed by atoms with van der Waals surface area (Å²) in [6, 6.07) is 5.89. The lowest BCUT2D eigenvalue weighted by Crippen LogP contribution is -2.27. The van der Waals surface area contributed by atoms with E-state index in [9.17, 15) is 13.6 Å². The molecule has 6 heteroatoms. The summed E-state index contributed by atoms with van der Waals surface area (Å²) in [5, 5.41) is 2.35. The molecule has 18 heavy (non-hydrogen) atoms. The molecule has 0 radical (unpaired) electrons. The van der Waals surface area contributed by atoms with E-state index in [0.717, 1.165) is 0 Å². The predicted octanol–water partition coefficient (Wildman–Crippen LogP) is 3.64. The first kappa shape index (κ1) is 14.2. The summed E-state index contributed by atoms with van der Waals surface area (Å²) in [6.07, 6.45) is -0.729. The van der Waals surface area contributed by atoms with Gasteiger partial charge in [-0.05, 0) is 32.9 Å². The van der Waals surface area contributed by atoms with Gasteiger partial charge in [0.15, 0.2) is 0 Å². The fourth-order valence-corrected chi connectivity index (χ4v) is 1.18. The number of amides is 1. The van der Waals surface area contributed by atoms with E-state index >= 15 is 0 Å². The first-order chi connectivity index (χ1) is 8.28. The molecule has 0 aliphatic carbocycles. The van der Waals surface area contributed by atoms with Gasteiger partial charge >= 0.3 is 12.7 Å². The normalized spacial score (nSPS) is 11.2. The quantitative estimate of drug-likeness (QED) is 0.901. The van der Waals surface area contributed by atoms with Crippen LogP contribution in [0.15, 0.2) is 24.3 Å². The van der Waals surface area contributed by atoms with Crippen molar-refractivity contribution in [3.8, 4) is 5.75 Å². The predicted molar refractivity (Wildman–Crippen MR) is 62.9 cm³/mol. The highest BCUT2D eigenvalue weighted by atomic mass is 19.3. The number of ether oxygens (including phenoxy) is 2. The molecule has 0 saturated carbocycles. The number of alkyl halides is 2. The van der Waals surface area contributed by atoms with E-state index < -0.39 is 18.3 Å². The van der Waals surface area contributed by atoms with Gasteiger partial charge in [0, 0.05) is 0 Å². The first-order valence-electron chi connectivity index (χ1n) is 5.32. The highest BCUT2D eigenvalue weighted by Gasteiger charge is 2.18. The molecule has 0 spiro atoms. The Kier molecular flexibility index (Phi) is 4.47. The van der Waals surface area contributed by atoms with E-state index in [0.29, 0.717) is 0 Å². The Morgan fingerprint density at radius 2 is 1.89 bits per heavy atom. The van der Waals surface area contributed by atoms with E-state index in [1.807, 2.05) is 0 Å². The summed E-state index contributed by atoms with van der Waals surface area (Å²) < 4.78 is 33.6. The van der Waals surface area contributed by atoms with Crippen LogP contribution in [0.3, 0.4) is 0 Å². The van der Waals surface area contributed by atoms with Gasteiger partial charge in [-0.1, -0.05) is 12.1 Å². The molecule has 1 amide bonds. The van der Waals surface area contributed by atoms with Crippen molar-refractivity contribution in [2.24, 2.45) is 0 Å². The van der Waals surface area contributed by atoms with Crippen LogP contribution >= 0.6 is 0 Å². The minimum Gasteiger partial charge on any atom is -0.444 e. The molecule has 0 heterocycles. The topological polar surface area (TPSA) is 47.6 Å². The largest absolute Gasteiger partial charge is 0.444 e. The van der Waals surface area contributed by atoms with Crippen LogP contribution in [0.1, 0.15) is 20.8 Å². The van der Waals surface area contributed by atoms with Gasteiger partial charge in [0.2, 0.25) is 0 Å². The van der Waals surface area contributed by atoms with Crippen molar-refractivity contribution in [2.75, 3.05) is 5.32 Å². The van der Waals surface area contributed by atoms with Crippen LogP contribution < -0.4 is 10.1 Å².